The van der Waals surface area contributed by atoms with Gasteiger partial charge < -0.3 is 4.90 Å². The highest BCUT2D eigenvalue weighted by atomic mass is 35.5. The van der Waals surface area contributed by atoms with Crippen LogP contribution in [0.25, 0.3) is 0 Å². The molecule has 4 nitrogen and oxygen atoms in total. The summed E-state index contributed by atoms with van der Waals surface area (Å²) in [4.78, 5) is 2.06. The molecule has 0 radical (unpaired) electrons. The third kappa shape index (κ3) is 4.61. The molecule has 0 saturated heterocycles. The number of sulfonamides is 1. The third-order valence-electron chi connectivity index (χ3n) is 4.93. The highest BCUT2D eigenvalue weighted by Crippen LogP contribution is 2.31. The molecule has 3 aromatic rings. The van der Waals surface area contributed by atoms with Crippen molar-refractivity contribution >= 4 is 27.3 Å². The lowest BCUT2D eigenvalue weighted by Gasteiger charge is -2.36. The van der Waals surface area contributed by atoms with Crippen molar-refractivity contribution in [3.8, 4) is 0 Å². The lowest BCUT2D eigenvalue weighted by molar-refractivity contribution is 0.523. The van der Waals surface area contributed by atoms with Gasteiger partial charge in [0.1, 0.15) is 5.82 Å². The second kappa shape index (κ2) is 8.14. The first-order valence-electron chi connectivity index (χ1n) is 9.26. The fourth-order valence-electron chi connectivity index (χ4n) is 3.67. The summed E-state index contributed by atoms with van der Waals surface area (Å²) in [5.74, 6) is -0.584. The van der Waals surface area contributed by atoms with Crippen LogP contribution in [-0.4, -0.2) is 21.0 Å². The molecule has 0 saturated carbocycles. The van der Waals surface area contributed by atoms with Gasteiger partial charge in [0, 0.05) is 29.8 Å². The summed E-state index contributed by atoms with van der Waals surface area (Å²) in [6.45, 7) is 1.14. The summed E-state index contributed by atoms with van der Waals surface area (Å²) in [5.41, 5.74) is 3.15. The summed E-state index contributed by atoms with van der Waals surface area (Å²) in [7, 11) is -3.84. The Labute approximate surface area is 175 Å². The molecule has 1 unspecified atom stereocenters. The number of hydrogen-bond acceptors (Lipinski definition) is 3. The van der Waals surface area contributed by atoms with Crippen molar-refractivity contribution in [1.82, 2.24) is 4.72 Å². The zero-order chi connectivity index (χ0) is 20.4. The standard InChI is InChI=1S/C22H20ClFN2O2S/c23-18-9-10-22-17(11-18)12-20(15-26(22)14-16-5-2-1-3-6-16)25-29(27,28)21-8-4-7-19(24)13-21/h1-11,13,20,25H,12,14-15H2. The van der Waals surface area contributed by atoms with E-state index in [1.54, 1.807) is 0 Å². The van der Waals surface area contributed by atoms with Crippen LogP contribution in [-0.2, 0) is 23.0 Å². The number of nitrogens with zero attached hydrogens (tertiary/aromatic N) is 1. The second-order valence-corrected chi connectivity index (χ2v) is 9.27. The van der Waals surface area contributed by atoms with Crippen molar-refractivity contribution < 1.29 is 12.8 Å². The highest BCUT2D eigenvalue weighted by molar-refractivity contribution is 7.89. The lowest BCUT2D eigenvalue weighted by atomic mass is 9.98. The monoisotopic (exact) mass is 430 g/mol. The quantitative estimate of drug-likeness (QED) is 0.653. The van der Waals surface area contributed by atoms with Crippen molar-refractivity contribution in [2.45, 2.75) is 23.9 Å². The van der Waals surface area contributed by atoms with Crippen molar-refractivity contribution in [3.63, 3.8) is 0 Å². The molecule has 1 N–H and O–H groups in total. The Hall–Kier alpha value is -2.41. The van der Waals surface area contributed by atoms with Gasteiger partial charge in [-0.1, -0.05) is 48.0 Å². The van der Waals surface area contributed by atoms with Crippen molar-refractivity contribution in [2.24, 2.45) is 0 Å². The second-order valence-electron chi connectivity index (χ2n) is 7.12. The van der Waals surface area contributed by atoms with Gasteiger partial charge in [0.2, 0.25) is 10.0 Å². The van der Waals surface area contributed by atoms with Crippen LogP contribution in [0.5, 0.6) is 0 Å². The van der Waals surface area contributed by atoms with Crippen LogP contribution < -0.4 is 9.62 Å². The van der Waals surface area contributed by atoms with Gasteiger partial charge >= 0.3 is 0 Å². The largest absolute Gasteiger partial charge is 0.365 e. The Balaban J connectivity index is 1.62. The fraction of sp³-hybridized carbons (Fsp3) is 0.182. The topological polar surface area (TPSA) is 49.4 Å². The lowest BCUT2D eigenvalue weighted by Crippen LogP contribution is -2.48. The fourth-order valence-corrected chi connectivity index (χ4v) is 5.13. The molecule has 1 atom stereocenters. The van der Waals surface area contributed by atoms with Crippen LogP contribution in [0.15, 0.2) is 77.7 Å². The Kier molecular flexibility index (Phi) is 5.58. The van der Waals surface area contributed by atoms with E-state index >= 15 is 0 Å². The van der Waals surface area contributed by atoms with E-state index in [0.717, 1.165) is 22.9 Å². The van der Waals surface area contributed by atoms with E-state index in [1.165, 1.54) is 18.2 Å². The molecule has 1 heterocycles. The number of nitrogens with one attached hydrogen (secondary N) is 1. The van der Waals surface area contributed by atoms with Gasteiger partial charge in [-0.25, -0.2) is 17.5 Å². The molecule has 0 aromatic heterocycles. The Morgan fingerprint density at radius 3 is 2.59 bits per heavy atom. The average molecular weight is 431 g/mol. The van der Waals surface area contributed by atoms with Gasteiger partial charge in [0.25, 0.3) is 0 Å². The maximum atomic E-state index is 13.5. The smallest absolute Gasteiger partial charge is 0.240 e. The molecule has 1 aliphatic rings. The van der Waals surface area contributed by atoms with Gasteiger partial charge in [0.15, 0.2) is 0 Å². The molecular weight excluding hydrogens is 411 g/mol. The van der Waals surface area contributed by atoms with Gasteiger partial charge in [-0.05, 0) is 53.9 Å². The molecule has 7 heteroatoms. The van der Waals surface area contributed by atoms with Crippen LogP contribution in [0.2, 0.25) is 5.02 Å². The van der Waals surface area contributed by atoms with E-state index < -0.39 is 15.8 Å². The first kappa shape index (κ1) is 19.9. The van der Waals surface area contributed by atoms with E-state index in [9.17, 15) is 12.8 Å². The normalized spacial score (nSPS) is 16.5. The summed E-state index contributed by atoms with van der Waals surface area (Å²) in [6.07, 6.45) is 0.510. The van der Waals surface area contributed by atoms with Crippen molar-refractivity contribution in [1.29, 1.82) is 0 Å². The maximum Gasteiger partial charge on any atom is 0.240 e. The number of halogens is 2. The van der Waals surface area contributed by atoms with Crippen LogP contribution in [0.1, 0.15) is 11.1 Å². The van der Waals surface area contributed by atoms with Gasteiger partial charge in [-0.2, -0.15) is 0 Å². The van der Waals surface area contributed by atoms with E-state index in [4.69, 9.17) is 11.6 Å². The zero-order valence-electron chi connectivity index (χ0n) is 15.6. The zero-order valence-corrected chi connectivity index (χ0v) is 17.1. The molecule has 0 fully saturated rings. The molecule has 0 bridgehead atoms. The SMILES string of the molecule is O=S(=O)(NC1Cc2cc(Cl)ccc2N(Cc2ccccc2)C1)c1cccc(F)c1. The molecule has 1 aliphatic heterocycles. The van der Waals surface area contributed by atoms with Gasteiger partial charge in [0.05, 0.1) is 4.90 Å². The predicted molar refractivity (Wildman–Crippen MR) is 113 cm³/mol. The third-order valence-corrected chi connectivity index (χ3v) is 6.69. The minimum atomic E-state index is -3.84. The van der Waals surface area contributed by atoms with Gasteiger partial charge in [-0.3, -0.25) is 0 Å². The average Bonchev–Trinajstić information content (AvgIpc) is 2.68. The molecule has 29 heavy (non-hydrogen) atoms. The summed E-state index contributed by atoms with van der Waals surface area (Å²) in [5, 5.41) is 0.608. The minimum absolute atomic E-state index is 0.0796. The molecule has 4 rings (SSSR count). The van der Waals surface area contributed by atoms with Crippen LogP contribution >= 0.6 is 11.6 Å². The van der Waals surface area contributed by atoms with E-state index in [-0.39, 0.29) is 10.9 Å². The molecule has 0 aliphatic carbocycles. The molecular formula is C22H20ClFN2O2S. The van der Waals surface area contributed by atoms with E-state index in [2.05, 4.69) is 9.62 Å². The number of anilines is 1. The van der Waals surface area contributed by atoms with Gasteiger partial charge in [-0.15, -0.1) is 0 Å². The molecule has 150 valence electrons. The van der Waals surface area contributed by atoms with Crippen molar-refractivity contribution in [2.75, 3.05) is 11.4 Å². The number of rotatable bonds is 5. The number of fused-ring (bicyclic) bond motifs is 1. The Bertz CT molecular complexity index is 1120. The van der Waals surface area contributed by atoms with Crippen LogP contribution in [0.4, 0.5) is 10.1 Å². The summed E-state index contributed by atoms with van der Waals surface area (Å²) in [6, 6.07) is 20.3. The van der Waals surface area contributed by atoms with Crippen LogP contribution in [0, 0.1) is 5.82 Å². The van der Waals surface area contributed by atoms with Crippen molar-refractivity contribution in [3.05, 3.63) is 94.8 Å². The first-order chi connectivity index (χ1) is 13.9. The molecule has 0 amide bonds. The van der Waals surface area contributed by atoms with E-state index in [1.807, 2.05) is 48.5 Å². The minimum Gasteiger partial charge on any atom is -0.365 e. The Morgan fingerprint density at radius 1 is 1.03 bits per heavy atom. The summed E-state index contributed by atoms with van der Waals surface area (Å²) < 4.78 is 41.8. The highest BCUT2D eigenvalue weighted by Gasteiger charge is 2.28. The number of hydrogen-bond donors (Lipinski definition) is 1. The summed E-state index contributed by atoms with van der Waals surface area (Å²) >= 11 is 6.18. The Morgan fingerprint density at radius 2 is 1.83 bits per heavy atom. The maximum absolute atomic E-state index is 13.5. The molecule has 3 aromatic carbocycles. The van der Waals surface area contributed by atoms with Crippen LogP contribution in [0.3, 0.4) is 0 Å². The number of benzene rings is 3. The predicted octanol–water partition coefficient (Wildman–Crippen LogP) is 4.39. The first-order valence-corrected chi connectivity index (χ1v) is 11.1. The molecule has 0 spiro atoms. The van der Waals surface area contributed by atoms with E-state index in [0.29, 0.717) is 24.5 Å².